The average Bonchev–Trinajstić information content (AvgIpc) is 2.38. The Balaban J connectivity index is 2.08. The average molecular weight is 335 g/mol. The van der Waals surface area contributed by atoms with E-state index in [1.165, 1.54) is 0 Å². The molecule has 0 atom stereocenters. The Kier molecular flexibility index (Phi) is 3.99. The minimum absolute atomic E-state index is 0.544. The highest BCUT2D eigenvalue weighted by Gasteiger charge is 2.02. The number of hydrogen-bond acceptors (Lipinski definition) is 2. The lowest BCUT2D eigenvalue weighted by Crippen LogP contribution is -1.96. The van der Waals surface area contributed by atoms with Gasteiger partial charge in [0.05, 0.1) is 15.2 Å². The van der Waals surface area contributed by atoms with Crippen LogP contribution in [0.4, 0.5) is 0 Å². The third-order valence-corrected chi connectivity index (χ3v) is 3.14. The van der Waals surface area contributed by atoms with E-state index < -0.39 is 0 Å². The second kappa shape index (κ2) is 5.69. The van der Waals surface area contributed by atoms with Gasteiger partial charge in [-0.15, -0.1) is 0 Å². The van der Waals surface area contributed by atoms with Crippen molar-refractivity contribution in [3.8, 4) is 11.8 Å². The van der Waals surface area contributed by atoms with E-state index in [0.717, 1.165) is 14.9 Å². The number of benzene rings is 2. The lowest BCUT2D eigenvalue weighted by atomic mass is 10.2. The minimum atomic E-state index is 0.544. The van der Waals surface area contributed by atoms with Crippen molar-refractivity contribution in [2.24, 2.45) is 0 Å². The zero-order valence-electron chi connectivity index (χ0n) is 9.06. The summed E-state index contributed by atoms with van der Waals surface area (Å²) in [7, 11) is 0. The monoisotopic (exact) mass is 335 g/mol. The van der Waals surface area contributed by atoms with E-state index in [1.807, 2.05) is 42.5 Å². The summed E-state index contributed by atoms with van der Waals surface area (Å²) < 4.78 is 6.66. The number of hydrogen-bond donors (Lipinski definition) is 0. The van der Waals surface area contributed by atoms with Gasteiger partial charge in [-0.1, -0.05) is 30.3 Å². The van der Waals surface area contributed by atoms with Crippen molar-refractivity contribution in [3.05, 3.63) is 63.2 Å². The van der Waals surface area contributed by atoms with Crippen LogP contribution in [0.3, 0.4) is 0 Å². The number of nitriles is 1. The molecule has 3 heteroatoms. The predicted molar refractivity (Wildman–Crippen MR) is 74.6 cm³/mol. The molecule has 0 aliphatic heterocycles. The van der Waals surface area contributed by atoms with Gasteiger partial charge in [0.25, 0.3) is 0 Å². The number of halogens is 1. The maximum atomic E-state index is 8.77. The lowest BCUT2D eigenvalue weighted by molar-refractivity contribution is 0.304. The van der Waals surface area contributed by atoms with Gasteiger partial charge in [-0.2, -0.15) is 5.26 Å². The van der Waals surface area contributed by atoms with Crippen LogP contribution in [0.1, 0.15) is 11.1 Å². The summed E-state index contributed by atoms with van der Waals surface area (Å²) in [6, 6.07) is 17.5. The Morgan fingerprint density at radius 3 is 2.53 bits per heavy atom. The van der Waals surface area contributed by atoms with Gasteiger partial charge in [0.15, 0.2) is 0 Å². The fourth-order valence-electron chi connectivity index (χ4n) is 1.42. The third kappa shape index (κ3) is 3.21. The summed E-state index contributed by atoms with van der Waals surface area (Å²) in [6.07, 6.45) is 0. The first-order chi connectivity index (χ1) is 8.29. The van der Waals surface area contributed by atoms with Crippen molar-refractivity contribution in [2.75, 3.05) is 0 Å². The van der Waals surface area contributed by atoms with E-state index in [2.05, 4.69) is 28.7 Å². The molecule has 0 fully saturated rings. The lowest BCUT2D eigenvalue weighted by Gasteiger charge is -2.08. The van der Waals surface area contributed by atoms with E-state index in [1.54, 1.807) is 6.07 Å². The summed E-state index contributed by atoms with van der Waals surface area (Å²) in [5, 5.41) is 8.77. The van der Waals surface area contributed by atoms with Crippen LogP contribution in [0.25, 0.3) is 0 Å². The molecule has 0 heterocycles. The van der Waals surface area contributed by atoms with Crippen molar-refractivity contribution in [2.45, 2.75) is 6.61 Å². The van der Waals surface area contributed by atoms with Gasteiger partial charge in [0.1, 0.15) is 12.4 Å². The Labute approximate surface area is 114 Å². The van der Waals surface area contributed by atoms with Gasteiger partial charge in [0.2, 0.25) is 0 Å². The zero-order valence-corrected chi connectivity index (χ0v) is 11.2. The molecule has 0 N–H and O–H groups in total. The van der Waals surface area contributed by atoms with Gasteiger partial charge in [-0.25, -0.2) is 0 Å². The molecule has 0 saturated heterocycles. The van der Waals surface area contributed by atoms with Crippen LogP contribution in [0.2, 0.25) is 0 Å². The molecule has 17 heavy (non-hydrogen) atoms. The zero-order chi connectivity index (χ0) is 12.1. The van der Waals surface area contributed by atoms with Crippen LogP contribution in [-0.2, 0) is 6.61 Å². The van der Waals surface area contributed by atoms with Crippen molar-refractivity contribution in [1.29, 1.82) is 5.26 Å². The van der Waals surface area contributed by atoms with Gasteiger partial charge in [-0.05, 0) is 46.4 Å². The summed E-state index contributed by atoms with van der Waals surface area (Å²) in [4.78, 5) is 0. The van der Waals surface area contributed by atoms with E-state index >= 15 is 0 Å². The van der Waals surface area contributed by atoms with Crippen LogP contribution in [0, 0.1) is 14.9 Å². The SMILES string of the molecule is N#Cc1ccc(OCc2ccccc2)c(I)c1. The molecule has 0 aliphatic rings. The quantitative estimate of drug-likeness (QED) is 0.801. The summed E-state index contributed by atoms with van der Waals surface area (Å²) in [5.41, 5.74) is 1.79. The Hall–Kier alpha value is -1.54. The molecule has 2 nitrogen and oxygen atoms in total. The van der Waals surface area contributed by atoms with Crippen molar-refractivity contribution >= 4 is 22.6 Å². The Morgan fingerprint density at radius 1 is 1.12 bits per heavy atom. The molecule has 0 unspecified atom stereocenters. The fourth-order valence-corrected chi connectivity index (χ4v) is 2.09. The molecule has 84 valence electrons. The van der Waals surface area contributed by atoms with E-state index in [9.17, 15) is 0 Å². The molecule has 2 aromatic rings. The van der Waals surface area contributed by atoms with Gasteiger partial charge in [-0.3, -0.25) is 0 Å². The van der Waals surface area contributed by atoms with Crippen LogP contribution < -0.4 is 4.74 Å². The third-order valence-electron chi connectivity index (χ3n) is 2.30. The maximum absolute atomic E-state index is 8.77. The summed E-state index contributed by atoms with van der Waals surface area (Å²) >= 11 is 2.18. The van der Waals surface area contributed by atoms with E-state index in [-0.39, 0.29) is 0 Å². The molecule has 0 aliphatic carbocycles. The molecule has 0 amide bonds. The van der Waals surface area contributed by atoms with Crippen LogP contribution in [0.15, 0.2) is 48.5 Å². The smallest absolute Gasteiger partial charge is 0.133 e. The molecular formula is C14H10INO. The minimum Gasteiger partial charge on any atom is -0.488 e. The topological polar surface area (TPSA) is 33.0 Å². The Morgan fingerprint density at radius 2 is 1.88 bits per heavy atom. The number of nitrogens with zero attached hydrogens (tertiary/aromatic N) is 1. The first-order valence-electron chi connectivity index (χ1n) is 5.16. The second-order valence-corrected chi connectivity index (χ2v) is 4.69. The van der Waals surface area contributed by atoms with Crippen molar-refractivity contribution < 1.29 is 4.74 Å². The highest BCUT2D eigenvalue weighted by atomic mass is 127. The van der Waals surface area contributed by atoms with E-state index in [0.29, 0.717) is 12.2 Å². The highest BCUT2D eigenvalue weighted by Crippen LogP contribution is 2.22. The molecular weight excluding hydrogens is 325 g/mol. The standard InChI is InChI=1S/C14H10INO/c15-13-8-12(9-16)6-7-14(13)17-10-11-4-2-1-3-5-11/h1-8H,10H2. The molecule has 0 radical (unpaired) electrons. The Bertz CT molecular complexity index is 546. The fraction of sp³-hybridized carbons (Fsp3) is 0.0714. The second-order valence-electron chi connectivity index (χ2n) is 3.53. The molecule has 0 bridgehead atoms. The van der Waals surface area contributed by atoms with Crippen LogP contribution in [0.5, 0.6) is 5.75 Å². The summed E-state index contributed by atoms with van der Waals surface area (Å²) in [6.45, 7) is 0.544. The molecule has 2 rings (SSSR count). The predicted octanol–water partition coefficient (Wildman–Crippen LogP) is 3.74. The molecule has 0 saturated carbocycles. The van der Waals surface area contributed by atoms with Gasteiger partial charge >= 0.3 is 0 Å². The number of ether oxygens (including phenoxy) is 1. The molecule has 2 aromatic carbocycles. The van der Waals surface area contributed by atoms with Crippen molar-refractivity contribution in [3.63, 3.8) is 0 Å². The van der Waals surface area contributed by atoms with E-state index in [4.69, 9.17) is 10.00 Å². The molecule has 0 spiro atoms. The number of rotatable bonds is 3. The maximum Gasteiger partial charge on any atom is 0.133 e. The normalized spacial score (nSPS) is 9.65. The molecule has 0 aromatic heterocycles. The van der Waals surface area contributed by atoms with Crippen LogP contribution >= 0.6 is 22.6 Å². The first-order valence-corrected chi connectivity index (χ1v) is 6.24. The first kappa shape index (κ1) is 11.9. The largest absolute Gasteiger partial charge is 0.488 e. The van der Waals surface area contributed by atoms with Gasteiger partial charge in [0, 0.05) is 0 Å². The summed E-state index contributed by atoms with van der Waals surface area (Å²) in [5.74, 6) is 0.813. The highest BCUT2D eigenvalue weighted by molar-refractivity contribution is 14.1. The van der Waals surface area contributed by atoms with Gasteiger partial charge < -0.3 is 4.74 Å². The van der Waals surface area contributed by atoms with Crippen LogP contribution in [-0.4, -0.2) is 0 Å². The van der Waals surface area contributed by atoms with Crippen molar-refractivity contribution in [1.82, 2.24) is 0 Å².